The van der Waals surface area contributed by atoms with Crippen LogP contribution >= 0.6 is 23.2 Å². The van der Waals surface area contributed by atoms with Gasteiger partial charge >= 0.3 is 0 Å². The van der Waals surface area contributed by atoms with E-state index in [4.69, 9.17) is 27.9 Å². The van der Waals surface area contributed by atoms with Crippen molar-refractivity contribution in [2.45, 2.75) is 24.8 Å². The summed E-state index contributed by atoms with van der Waals surface area (Å²) in [5.41, 5.74) is 1.97. The van der Waals surface area contributed by atoms with Crippen molar-refractivity contribution in [2.75, 3.05) is 24.5 Å². The number of rotatable bonds is 8. The first-order valence-corrected chi connectivity index (χ1v) is 14.1. The topological polar surface area (TPSA) is 101 Å². The maximum atomic E-state index is 12.9. The summed E-state index contributed by atoms with van der Waals surface area (Å²) >= 11 is 12.1. The van der Waals surface area contributed by atoms with E-state index in [9.17, 15) is 18.5 Å². The van der Waals surface area contributed by atoms with E-state index in [0.29, 0.717) is 46.8 Å². The lowest BCUT2D eigenvalue weighted by molar-refractivity contribution is -0.129. The van der Waals surface area contributed by atoms with Gasteiger partial charge in [0.2, 0.25) is 0 Å². The van der Waals surface area contributed by atoms with Gasteiger partial charge in [0.15, 0.2) is 5.75 Å². The van der Waals surface area contributed by atoms with Crippen molar-refractivity contribution in [1.82, 2.24) is 9.88 Å². The Labute approximate surface area is 213 Å². The maximum Gasteiger partial charge on any atom is 0.251 e. The normalized spacial score (nSPS) is 22.7. The van der Waals surface area contributed by atoms with Crippen LogP contribution in [-0.4, -0.2) is 48.9 Å². The van der Waals surface area contributed by atoms with Crippen LogP contribution in [0, 0.1) is 16.7 Å². The average molecular weight is 532 g/mol. The van der Waals surface area contributed by atoms with E-state index in [0.717, 1.165) is 10.9 Å². The summed E-state index contributed by atoms with van der Waals surface area (Å²) in [6.45, 7) is 0.243. The monoisotopic (exact) mass is 531 g/mol. The van der Waals surface area contributed by atoms with E-state index >= 15 is 0 Å². The first-order valence-electron chi connectivity index (χ1n) is 11.1. The molecule has 3 fully saturated rings. The van der Waals surface area contributed by atoms with Gasteiger partial charge in [-0.3, -0.25) is 4.79 Å². The highest BCUT2D eigenvalue weighted by molar-refractivity contribution is 7.90. The van der Waals surface area contributed by atoms with Gasteiger partial charge in [0.1, 0.15) is 22.5 Å². The molecule has 10 heteroatoms. The predicted molar refractivity (Wildman–Crippen MR) is 135 cm³/mol. The number of nitrogens with zero attached hydrogens (tertiary/aromatic N) is 2. The van der Waals surface area contributed by atoms with Crippen LogP contribution in [0.4, 0.5) is 0 Å². The van der Waals surface area contributed by atoms with Crippen molar-refractivity contribution in [2.24, 2.45) is 5.41 Å². The summed E-state index contributed by atoms with van der Waals surface area (Å²) in [5, 5.41) is 13.9. The van der Waals surface area contributed by atoms with Crippen molar-refractivity contribution >= 4 is 49.8 Å². The second-order valence-corrected chi connectivity index (χ2v) is 12.7. The number of carbonyl (C=O) groups excluding carboxylic acids is 1. The van der Waals surface area contributed by atoms with Gasteiger partial charge in [-0.2, -0.15) is 5.26 Å². The van der Waals surface area contributed by atoms with Gasteiger partial charge in [-0.25, -0.2) is 8.42 Å². The summed E-state index contributed by atoms with van der Waals surface area (Å²) < 4.78 is 30.7. The molecule has 0 atom stereocenters. The molecule has 6 rings (SSSR count). The molecule has 2 aromatic carbocycles. The number of hydrogen-bond acceptors (Lipinski definition) is 5. The highest BCUT2D eigenvalue weighted by Crippen LogP contribution is 2.67. The Morgan fingerprint density at radius 2 is 1.97 bits per heavy atom. The number of aromatic nitrogens is 1. The van der Waals surface area contributed by atoms with Crippen LogP contribution < -0.4 is 10.1 Å². The number of hydrogen-bond donors (Lipinski definition) is 1. The Kier molecular flexibility index (Phi) is 5.78. The van der Waals surface area contributed by atoms with Crippen molar-refractivity contribution in [3.8, 4) is 17.5 Å². The third-order valence-electron chi connectivity index (χ3n) is 6.79. The lowest BCUT2D eigenvalue weighted by Gasteiger charge is -2.70. The van der Waals surface area contributed by atoms with Crippen molar-refractivity contribution in [1.29, 1.82) is 5.26 Å². The number of sulfone groups is 1. The molecule has 35 heavy (non-hydrogen) atoms. The number of benzene rings is 2. The number of carbonyl (C=O) groups is 1. The van der Waals surface area contributed by atoms with Crippen molar-refractivity contribution in [3.63, 3.8) is 0 Å². The molecule has 2 bridgehead atoms. The number of nitrogens with one attached hydrogen (secondary N) is 1. The summed E-state index contributed by atoms with van der Waals surface area (Å²) in [4.78, 5) is 12.9. The maximum absolute atomic E-state index is 12.9. The summed E-state index contributed by atoms with van der Waals surface area (Å²) in [6, 6.07) is 12.9. The SMILES string of the molecule is CS(=O)(=O)CC12CC(NC(=O)c3ccc4c(ccn4-c4cc(Cl)c(OCCCl)c(C#N)c4)c3)(C1)C2. The zero-order chi connectivity index (χ0) is 25.0. The van der Waals surface area contributed by atoms with Crippen molar-refractivity contribution in [3.05, 3.63) is 58.7 Å². The van der Waals surface area contributed by atoms with Crippen LogP contribution in [-0.2, 0) is 9.84 Å². The summed E-state index contributed by atoms with van der Waals surface area (Å²) in [6.07, 6.45) is 5.26. The Bertz CT molecular complexity index is 1490. The second-order valence-electron chi connectivity index (χ2n) is 9.75. The van der Waals surface area contributed by atoms with Gasteiger partial charge in [0, 0.05) is 34.6 Å². The molecule has 3 saturated carbocycles. The average Bonchev–Trinajstić information content (AvgIpc) is 3.17. The number of alkyl halides is 1. The minimum Gasteiger partial charge on any atom is -0.489 e. The van der Waals surface area contributed by atoms with E-state index in [1.54, 1.807) is 18.2 Å². The molecule has 3 aromatic rings. The molecule has 3 aliphatic rings. The Morgan fingerprint density at radius 3 is 2.63 bits per heavy atom. The van der Waals surface area contributed by atoms with Gasteiger partial charge in [0.25, 0.3) is 5.91 Å². The predicted octanol–water partition coefficient (Wildman–Crippen LogP) is 4.47. The third kappa shape index (κ3) is 4.37. The van der Waals surface area contributed by atoms with E-state index in [1.165, 1.54) is 6.26 Å². The van der Waals surface area contributed by atoms with Gasteiger partial charge in [-0.05, 0) is 61.1 Å². The Hall–Kier alpha value is -2.73. The quantitative estimate of drug-likeness (QED) is 0.432. The number of halogens is 2. The van der Waals surface area contributed by atoms with Crippen molar-refractivity contribution < 1.29 is 17.9 Å². The number of nitriles is 1. The number of amides is 1. The number of fused-ring (bicyclic) bond motifs is 1. The van der Waals surface area contributed by atoms with Crippen LogP contribution in [0.1, 0.15) is 35.2 Å². The first-order chi connectivity index (χ1) is 16.6. The molecular weight excluding hydrogens is 509 g/mol. The highest BCUT2D eigenvalue weighted by Gasteiger charge is 2.69. The zero-order valence-electron chi connectivity index (χ0n) is 19.0. The van der Waals surface area contributed by atoms with Crippen LogP contribution in [0.3, 0.4) is 0 Å². The fourth-order valence-electron chi connectivity index (χ4n) is 5.75. The third-order valence-corrected chi connectivity index (χ3v) is 8.36. The fraction of sp³-hybridized carbons (Fsp3) is 0.360. The van der Waals surface area contributed by atoms with E-state index in [-0.39, 0.29) is 35.1 Å². The molecule has 0 spiro atoms. The molecular formula is C25H23Cl2N3O4S. The molecule has 0 saturated heterocycles. The Morgan fingerprint density at radius 1 is 1.23 bits per heavy atom. The van der Waals surface area contributed by atoms with Crippen LogP contribution in [0.25, 0.3) is 16.6 Å². The van der Waals surface area contributed by atoms with Gasteiger partial charge in [-0.15, -0.1) is 11.6 Å². The zero-order valence-corrected chi connectivity index (χ0v) is 21.3. The summed E-state index contributed by atoms with van der Waals surface area (Å²) in [5.74, 6) is 0.613. The van der Waals surface area contributed by atoms with E-state index < -0.39 is 9.84 Å². The molecule has 0 aliphatic heterocycles. The molecule has 1 aromatic heterocycles. The minimum absolute atomic E-state index is 0.157. The largest absolute Gasteiger partial charge is 0.489 e. The Balaban J connectivity index is 1.35. The molecule has 0 unspecified atom stereocenters. The first kappa shape index (κ1) is 24.0. The highest BCUT2D eigenvalue weighted by atomic mass is 35.5. The van der Waals surface area contributed by atoms with Gasteiger partial charge in [0.05, 0.1) is 27.7 Å². The van der Waals surface area contributed by atoms with Crippen LogP contribution in [0.15, 0.2) is 42.6 Å². The lowest BCUT2D eigenvalue weighted by Crippen LogP contribution is -2.76. The van der Waals surface area contributed by atoms with Gasteiger partial charge < -0.3 is 14.6 Å². The lowest BCUT2D eigenvalue weighted by atomic mass is 9.40. The summed E-state index contributed by atoms with van der Waals surface area (Å²) in [7, 11) is -3.02. The van der Waals surface area contributed by atoms with E-state index in [1.807, 2.05) is 29.0 Å². The molecule has 1 amide bonds. The van der Waals surface area contributed by atoms with Crippen LogP contribution in [0.2, 0.25) is 5.02 Å². The molecule has 1 heterocycles. The molecule has 7 nitrogen and oxygen atoms in total. The molecule has 0 radical (unpaired) electrons. The van der Waals surface area contributed by atoms with E-state index in [2.05, 4.69) is 11.4 Å². The number of ether oxygens (including phenoxy) is 1. The second kappa shape index (κ2) is 8.44. The molecule has 182 valence electrons. The van der Waals surface area contributed by atoms with Crippen LogP contribution in [0.5, 0.6) is 5.75 Å². The standard InChI is InChI=1S/C25H23Cl2N3O4S/c1-35(32,33)15-24-12-25(13-24,14-24)29-23(31)17-2-3-21-16(8-17)4-6-30(21)19-9-18(11-28)22(20(27)10-19)34-7-5-26/h2-4,6,8-10H,5,7,12-15H2,1H3,(H,29,31). The minimum atomic E-state index is -3.02. The van der Waals surface area contributed by atoms with Gasteiger partial charge in [-0.1, -0.05) is 11.6 Å². The smallest absolute Gasteiger partial charge is 0.251 e. The fourth-order valence-corrected chi connectivity index (χ4v) is 7.51. The molecule has 1 N–H and O–H groups in total. The molecule has 3 aliphatic carbocycles.